The molecule has 0 aliphatic carbocycles. The van der Waals surface area contributed by atoms with Crippen LogP contribution in [0.1, 0.15) is 26.5 Å². The maximum atomic E-state index is 13.6. The van der Waals surface area contributed by atoms with Crippen LogP contribution in [0.3, 0.4) is 0 Å². The third-order valence-corrected chi connectivity index (χ3v) is 4.04. The van der Waals surface area contributed by atoms with E-state index in [0.717, 1.165) is 6.92 Å². The van der Waals surface area contributed by atoms with Gasteiger partial charge in [0.1, 0.15) is 28.8 Å². The van der Waals surface area contributed by atoms with Gasteiger partial charge in [0.2, 0.25) is 0 Å². The van der Waals surface area contributed by atoms with Crippen LogP contribution in [0, 0.1) is 0 Å². The molecule has 1 amide bonds. The van der Waals surface area contributed by atoms with Gasteiger partial charge < -0.3 is 15.4 Å². The van der Waals surface area contributed by atoms with Gasteiger partial charge in [0.05, 0.1) is 7.11 Å². The molecular weight excluding hydrogens is 420 g/mol. The Balaban J connectivity index is 1.97. The molecule has 3 heterocycles. The molecular formula is C21H23F2N7O2. The molecule has 0 fully saturated rings. The maximum absolute atomic E-state index is 13.6. The Bertz CT molecular complexity index is 1100. The number of hydrogen-bond acceptors (Lipinski definition) is 8. The lowest BCUT2D eigenvalue weighted by Gasteiger charge is -2.15. The van der Waals surface area contributed by atoms with Gasteiger partial charge in [-0.3, -0.25) is 10.3 Å². The number of hydrogen-bond donors (Lipinski definition) is 3. The molecule has 0 aromatic carbocycles. The molecule has 3 rings (SSSR count). The molecule has 3 aromatic rings. The fourth-order valence-corrected chi connectivity index (χ4v) is 2.68. The summed E-state index contributed by atoms with van der Waals surface area (Å²) in [5.41, 5.74) is 0.427. The molecule has 9 nitrogen and oxygen atoms in total. The Morgan fingerprint density at radius 2 is 1.81 bits per heavy atom. The predicted molar refractivity (Wildman–Crippen MR) is 117 cm³/mol. The number of alkyl halides is 2. The zero-order chi connectivity index (χ0) is 23.3. The van der Waals surface area contributed by atoms with E-state index in [2.05, 4.69) is 40.6 Å². The number of nitrogens with one attached hydrogen (secondary N) is 3. The average molecular weight is 443 g/mol. The van der Waals surface area contributed by atoms with Gasteiger partial charge >= 0.3 is 6.09 Å². The molecule has 11 heteroatoms. The van der Waals surface area contributed by atoms with Gasteiger partial charge in [-0.1, -0.05) is 6.07 Å². The highest BCUT2D eigenvalue weighted by atomic mass is 19.3. The van der Waals surface area contributed by atoms with Crippen molar-refractivity contribution >= 4 is 29.2 Å². The summed E-state index contributed by atoms with van der Waals surface area (Å²) in [7, 11) is 1.25. The number of methoxy groups -OCH3 is 1. The molecule has 0 aliphatic heterocycles. The summed E-state index contributed by atoms with van der Waals surface area (Å²) < 4.78 is 31.9. The van der Waals surface area contributed by atoms with Gasteiger partial charge in [0, 0.05) is 30.9 Å². The van der Waals surface area contributed by atoms with Crippen molar-refractivity contribution < 1.29 is 18.3 Å². The van der Waals surface area contributed by atoms with Crippen LogP contribution in [0.15, 0.2) is 42.6 Å². The largest absolute Gasteiger partial charge is 0.453 e. The minimum absolute atomic E-state index is 0.0807. The van der Waals surface area contributed by atoms with Crippen molar-refractivity contribution in [2.24, 2.45) is 0 Å². The van der Waals surface area contributed by atoms with Crippen LogP contribution in [-0.4, -0.2) is 39.2 Å². The number of carbonyl (C=O) groups is 1. The summed E-state index contributed by atoms with van der Waals surface area (Å²) >= 11 is 0. The molecule has 0 radical (unpaired) electrons. The van der Waals surface area contributed by atoms with Crippen LogP contribution in [0.25, 0.3) is 11.5 Å². The summed E-state index contributed by atoms with van der Waals surface area (Å²) in [5.74, 6) is -1.67. The first kappa shape index (κ1) is 22.8. The average Bonchev–Trinajstić information content (AvgIpc) is 2.73. The van der Waals surface area contributed by atoms with Crippen LogP contribution >= 0.6 is 0 Å². The Morgan fingerprint density at radius 3 is 2.50 bits per heavy atom. The van der Waals surface area contributed by atoms with E-state index in [-0.39, 0.29) is 23.4 Å². The fourth-order valence-electron chi connectivity index (χ4n) is 2.68. The summed E-state index contributed by atoms with van der Waals surface area (Å²) in [5, 5.41) is 8.69. The van der Waals surface area contributed by atoms with Crippen molar-refractivity contribution in [1.82, 2.24) is 19.9 Å². The third kappa shape index (κ3) is 6.06. The molecule has 0 saturated carbocycles. The quantitative estimate of drug-likeness (QED) is 0.478. The van der Waals surface area contributed by atoms with E-state index in [1.807, 2.05) is 13.8 Å². The summed E-state index contributed by atoms with van der Waals surface area (Å²) in [6.45, 7) is 4.69. The Kier molecular flexibility index (Phi) is 6.76. The third-order valence-electron chi connectivity index (χ3n) is 4.04. The van der Waals surface area contributed by atoms with Crippen molar-refractivity contribution in [3.63, 3.8) is 0 Å². The molecule has 3 aromatic heterocycles. The second-order valence-corrected chi connectivity index (χ2v) is 7.23. The van der Waals surface area contributed by atoms with E-state index in [1.54, 1.807) is 30.3 Å². The van der Waals surface area contributed by atoms with Gasteiger partial charge in [0.15, 0.2) is 5.82 Å². The van der Waals surface area contributed by atoms with Crippen molar-refractivity contribution in [3.05, 3.63) is 48.3 Å². The molecule has 3 N–H and O–H groups in total. The predicted octanol–water partition coefficient (Wildman–Crippen LogP) is 4.79. The van der Waals surface area contributed by atoms with Gasteiger partial charge in [0.25, 0.3) is 5.92 Å². The SMILES string of the molecule is COC(=O)Nc1cccc(-c2nc(Nc3ccnc(C(C)(F)F)c3)cc(NC(C)C)n2)n1. The zero-order valence-electron chi connectivity index (χ0n) is 18.0. The fraction of sp³-hybridized carbons (Fsp3) is 0.286. The van der Waals surface area contributed by atoms with Crippen molar-refractivity contribution in [2.75, 3.05) is 23.1 Å². The molecule has 0 spiro atoms. The monoisotopic (exact) mass is 443 g/mol. The molecule has 0 unspecified atom stereocenters. The van der Waals surface area contributed by atoms with E-state index in [9.17, 15) is 13.6 Å². The lowest BCUT2D eigenvalue weighted by atomic mass is 10.2. The van der Waals surface area contributed by atoms with Gasteiger partial charge in [-0.15, -0.1) is 0 Å². The maximum Gasteiger partial charge on any atom is 0.412 e. The van der Waals surface area contributed by atoms with Crippen molar-refractivity contribution in [3.8, 4) is 11.5 Å². The highest BCUT2D eigenvalue weighted by Crippen LogP contribution is 2.28. The van der Waals surface area contributed by atoms with Crippen LogP contribution < -0.4 is 16.0 Å². The standard InChI is InChI=1S/C21H23F2N7O2/c1-12(2)25-17-11-18(26-13-8-9-24-15(10-13)21(3,22)23)29-19(28-17)14-6-5-7-16(27-14)30-20(31)32-4/h5-12H,1-4H3,(H,27,30,31)(H2,24,25,26,28,29). The lowest BCUT2D eigenvalue weighted by Crippen LogP contribution is -2.14. The number of aromatic nitrogens is 4. The second kappa shape index (κ2) is 9.50. The van der Waals surface area contributed by atoms with Crippen molar-refractivity contribution in [1.29, 1.82) is 0 Å². The summed E-state index contributed by atoms with van der Waals surface area (Å²) in [6.07, 6.45) is 0.642. The first-order chi connectivity index (χ1) is 15.1. The van der Waals surface area contributed by atoms with E-state index in [4.69, 9.17) is 0 Å². The minimum Gasteiger partial charge on any atom is -0.453 e. The Morgan fingerprint density at radius 1 is 1.06 bits per heavy atom. The van der Waals surface area contributed by atoms with Gasteiger partial charge in [-0.05, 0) is 38.1 Å². The van der Waals surface area contributed by atoms with Crippen molar-refractivity contribution in [2.45, 2.75) is 32.7 Å². The van der Waals surface area contributed by atoms with Crippen LogP contribution in [0.4, 0.5) is 36.7 Å². The van der Waals surface area contributed by atoms with E-state index in [0.29, 0.717) is 23.0 Å². The molecule has 0 saturated heterocycles. The zero-order valence-corrected chi connectivity index (χ0v) is 18.0. The lowest BCUT2D eigenvalue weighted by molar-refractivity contribution is 0.0128. The number of anilines is 4. The topological polar surface area (TPSA) is 114 Å². The van der Waals surface area contributed by atoms with Crippen LogP contribution in [0.2, 0.25) is 0 Å². The minimum atomic E-state index is -3.07. The van der Waals surface area contributed by atoms with Crippen LogP contribution in [0.5, 0.6) is 0 Å². The first-order valence-electron chi connectivity index (χ1n) is 9.73. The van der Waals surface area contributed by atoms with E-state index in [1.165, 1.54) is 19.4 Å². The highest BCUT2D eigenvalue weighted by molar-refractivity contribution is 5.83. The number of rotatable bonds is 7. The Labute approximate surface area is 183 Å². The smallest absolute Gasteiger partial charge is 0.412 e. The van der Waals surface area contributed by atoms with Gasteiger partial charge in [-0.2, -0.15) is 8.78 Å². The molecule has 0 bridgehead atoms. The number of carbonyl (C=O) groups excluding carboxylic acids is 1. The Hall–Kier alpha value is -3.89. The highest BCUT2D eigenvalue weighted by Gasteiger charge is 2.26. The number of ether oxygens (including phenoxy) is 1. The second-order valence-electron chi connectivity index (χ2n) is 7.23. The summed E-state index contributed by atoms with van der Waals surface area (Å²) in [6, 6.07) is 9.52. The molecule has 32 heavy (non-hydrogen) atoms. The number of pyridine rings is 2. The summed E-state index contributed by atoms with van der Waals surface area (Å²) in [4.78, 5) is 28.5. The molecule has 0 atom stereocenters. The van der Waals surface area contributed by atoms with E-state index < -0.39 is 12.0 Å². The van der Waals surface area contributed by atoms with Crippen LogP contribution in [-0.2, 0) is 10.7 Å². The van der Waals surface area contributed by atoms with E-state index >= 15 is 0 Å². The molecule has 168 valence electrons. The number of nitrogens with zero attached hydrogens (tertiary/aromatic N) is 4. The normalized spacial score (nSPS) is 11.2. The first-order valence-corrected chi connectivity index (χ1v) is 9.73. The molecule has 0 aliphatic rings. The number of halogens is 2. The number of amides is 1. The van der Waals surface area contributed by atoms with Gasteiger partial charge in [-0.25, -0.2) is 19.7 Å².